The third-order valence-electron chi connectivity index (χ3n) is 4.76. The summed E-state index contributed by atoms with van der Waals surface area (Å²) in [5.41, 5.74) is 0. The van der Waals surface area contributed by atoms with Crippen molar-refractivity contribution in [2.24, 2.45) is 10.9 Å². The minimum absolute atomic E-state index is 0. The maximum absolute atomic E-state index is 12.3. The maximum Gasteiger partial charge on any atom is 0.224 e. The zero-order chi connectivity index (χ0) is 17.1. The van der Waals surface area contributed by atoms with Gasteiger partial charge in [0.05, 0.1) is 0 Å². The molecule has 5 nitrogen and oxygen atoms in total. The Kier molecular flexibility index (Phi) is 13.4. The monoisotopic (exact) mass is 452 g/mol. The van der Waals surface area contributed by atoms with E-state index in [1.165, 1.54) is 6.42 Å². The quantitative estimate of drug-likeness (QED) is 0.337. The van der Waals surface area contributed by atoms with Gasteiger partial charge in [-0.1, -0.05) is 26.7 Å². The Labute approximate surface area is 165 Å². The van der Waals surface area contributed by atoms with Crippen molar-refractivity contribution < 1.29 is 4.79 Å². The number of guanidine groups is 1. The number of halogens is 1. The average molecular weight is 452 g/mol. The molecule has 1 aliphatic rings. The van der Waals surface area contributed by atoms with Gasteiger partial charge < -0.3 is 15.5 Å². The van der Waals surface area contributed by atoms with E-state index in [1.54, 1.807) is 0 Å². The molecule has 0 aliphatic carbocycles. The number of piperidine rings is 1. The molecule has 1 amide bonds. The predicted octanol–water partition coefficient (Wildman–Crippen LogP) is 3.39. The van der Waals surface area contributed by atoms with Gasteiger partial charge in [-0.15, -0.1) is 24.0 Å². The van der Waals surface area contributed by atoms with Gasteiger partial charge >= 0.3 is 0 Å². The third kappa shape index (κ3) is 8.53. The molecule has 1 unspecified atom stereocenters. The summed E-state index contributed by atoms with van der Waals surface area (Å²) in [6.07, 6.45) is 6.38. The summed E-state index contributed by atoms with van der Waals surface area (Å²) in [5, 5.41) is 6.56. The summed E-state index contributed by atoms with van der Waals surface area (Å²) in [5.74, 6) is 1.74. The number of likely N-dealkylation sites (tertiary alicyclic amines) is 1. The van der Waals surface area contributed by atoms with Crippen LogP contribution in [0.1, 0.15) is 66.2 Å². The Morgan fingerprint density at radius 2 is 1.92 bits per heavy atom. The summed E-state index contributed by atoms with van der Waals surface area (Å²) < 4.78 is 0. The highest BCUT2D eigenvalue weighted by Gasteiger charge is 2.22. The van der Waals surface area contributed by atoms with E-state index in [4.69, 9.17) is 0 Å². The van der Waals surface area contributed by atoms with Crippen LogP contribution in [0.5, 0.6) is 0 Å². The van der Waals surface area contributed by atoms with Gasteiger partial charge in [-0.3, -0.25) is 9.79 Å². The lowest BCUT2D eigenvalue weighted by atomic mass is 10.0. The number of hydrogen-bond donors (Lipinski definition) is 2. The van der Waals surface area contributed by atoms with Crippen molar-refractivity contribution in [1.29, 1.82) is 0 Å². The minimum atomic E-state index is 0. The topological polar surface area (TPSA) is 56.7 Å². The molecule has 1 atom stereocenters. The van der Waals surface area contributed by atoms with E-state index in [2.05, 4.69) is 43.3 Å². The molecule has 0 aromatic heterocycles. The highest BCUT2D eigenvalue weighted by molar-refractivity contribution is 14.0. The van der Waals surface area contributed by atoms with Crippen LogP contribution in [0.15, 0.2) is 4.99 Å². The number of nitrogens with one attached hydrogen (secondary N) is 2. The lowest BCUT2D eigenvalue weighted by molar-refractivity contribution is -0.134. The molecule has 0 aromatic rings. The number of amides is 1. The van der Waals surface area contributed by atoms with E-state index in [-0.39, 0.29) is 29.9 Å². The fraction of sp³-hybridized carbons (Fsp3) is 0.889. The number of aliphatic imine (C=N–C) groups is 1. The Balaban J connectivity index is 0.00000529. The molecule has 0 spiro atoms. The fourth-order valence-corrected chi connectivity index (χ4v) is 3.01. The highest BCUT2D eigenvalue weighted by atomic mass is 127. The predicted molar refractivity (Wildman–Crippen MR) is 113 cm³/mol. The van der Waals surface area contributed by atoms with Crippen LogP contribution in [0.3, 0.4) is 0 Å². The van der Waals surface area contributed by atoms with Crippen molar-refractivity contribution >= 4 is 35.8 Å². The number of hydrogen-bond acceptors (Lipinski definition) is 2. The Morgan fingerprint density at radius 3 is 2.50 bits per heavy atom. The van der Waals surface area contributed by atoms with Gasteiger partial charge in [0.1, 0.15) is 0 Å². The molecule has 0 bridgehead atoms. The molecule has 1 saturated heterocycles. The van der Waals surface area contributed by atoms with Crippen molar-refractivity contribution in [3.63, 3.8) is 0 Å². The van der Waals surface area contributed by atoms with Gasteiger partial charge in [-0.2, -0.15) is 0 Å². The molecule has 24 heavy (non-hydrogen) atoms. The number of carbonyl (C=O) groups is 1. The molecule has 6 heteroatoms. The molecular formula is C18H37IN4O. The van der Waals surface area contributed by atoms with Crippen LogP contribution in [0, 0.1) is 5.92 Å². The molecule has 142 valence electrons. The Hall–Kier alpha value is -0.530. The minimum Gasteiger partial charge on any atom is -0.357 e. The Morgan fingerprint density at radius 1 is 1.21 bits per heavy atom. The van der Waals surface area contributed by atoms with Gasteiger partial charge in [0.2, 0.25) is 5.91 Å². The molecule has 0 aromatic carbocycles. The van der Waals surface area contributed by atoms with Crippen LogP contribution in [0.2, 0.25) is 0 Å². The van der Waals surface area contributed by atoms with Gasteiger partial charge in [-0.25, -0.2) is 0 Å². The second-order valence-electron chi connectivity index (χ2n) is 6.51. The molecule has 1 fully saturated rings. The SMILES string of the molecule is CCNC(=NCC(CC)CC)NCCC(=O)N1CCCCC1C.I. The lowest BCUT2D eigenvalue weighted by Crippen LogP contribution is -2.44. The second kappa shape index (κ2) is 13.7. The normalized spacial score (nSPS) is 18.3. The first-order chi connectivity index (χ1) is 11.1. The smallest absolute Gasteiger partial charge is 0.224 e. The summed E-state index contributed by atoms with van der Waals surface area (Å²) in [6.45, 7) is 11.9. The third-order valence-corrected chi connectivity index (χ3v) is 4.76. The van der Waals surface area contributed by atoms with E-state index in [0.29, 0.717) is 24.9 Å². The van der Waals surface area contributed by atoms with Gasteiger partial charge in [0.15, 0.2) is 5.96 Å². The van der Waals surface area contributed by atoms with Crippen molar-refractivity contribution in [3.05, 3.63) is 0 Å². The largest absolute Gasteiger partial charge is 0.357 e. The van der Waals surface area contributed by atoms with E-state index < -0.39 is 0 Å². The van der Waals surface area contributed by atoms with Crippen LogP contribution in [-0.2, 0) is 4.79 Å². The van der Waals surface area contributed by atoms with Crippen LogP contribution in [0.25, 0.3) is 0 Å². The summed E-state index contributed by atoms with van der Waals surface area (Å²) in [6, 6.07) is 0.396. The molecule has 2 N–H and O–H groups in total. The van der Waals surface area contributed by atoms with Crippen molar-refractivity contribution in [2.45, 2.75) is 72.3 Å². The fourth-order valence-electron chi connectivity index (χ4n) is 3.01. The zero-order valence-electron chi connectivity index (χ0n) is 15.9. The summed E-state index contributed by atoms with van der Waals surface area (Å²) in [7, 11) is 0. The van der Waals surface area contributed by atoms with E-state index >= 15 is 0 Å². The van der Waals surface area contributed by atoms with E-state index in [0.717, 1.165) is 51.3 Å². The van der Waals surface area contributed by atoms with Crippen LogP contribution in [-0.4, -0.2) is 49.0 Å². The molecule has 1 rings (SSSR count). The molecular weight excluding hydrogens is 415 g/mol. The molecule has 0 saturated carbocycles. The van der Waals surface area contributed by atoms with Gasteiger partial charge in [0.25, 0.3) is 0 Å². The molecule has 1 heterocycles. The van der Waals surface area contributed by atoms with Gasteiger partial charge in [0, 0.05) is 38.6 Å². The lowest BCUT2D eigenvalue weighted by Gasteiger charge is -2.33. The maximum atomic E-state index is 12.3. The highest BCUT2D eigenvalue weighted by Crippen LogP contribution is 2.16. The number of rotatable bonds is 8. The number of carbonyl (C=O) groups excluding carboxylic acids is 1. The summed E-state index contributed by atoms with van der Waals surface area (Å²) in [4.78, 5) is 19.0. The second-order valence-corrected chi connectivity index (χ2v) is 6.51. The average Bonchev–Trinajstić information content (AvgIpc) is 2.56. The van der Waals surface area contributed by atoms with Crippen molar-refractivity contribution in [1.82, 2.24) is 15.5 Å². The van der Waals surface area contributed by atoms with Crippen LogP contribution >= 0.6 is 24.0 Å². The summed E-state index contributed by atoms with van der Waals surface area (Å²) >= 11 is 0. The first-order valence-corrected chi connectivity index (χ1v) is 9.43. The Bertz CT molecular complexity index is 372. The standard InChI is InChI=1S/C18H36N4O.HI/c1-5-16(6-2)14-21-18(19-7-3)20-12-11-17(23)22-13-9-8-10-15(22)4;/h15-16H,5-14H2,1-4H3,(H2,19,20,21);1H. The van der Waals surface area contributed by atoms with Crippen molar-refractivity contribution in [3.8, 4) is 0 Å². The number of nitrogens with zero attached hydrogens (tertiary/aromatic N) is 2. The molecule has 1 aliphatic heterocycles. The van der Waals surface area contributed by atoms with Crippen molar-refractivity contribution in [2.75, 3.05) is 26.2 Å². The first-order valence-electron chi connectivity index (χ1n) is 9.43. The van der Waals surface area contributed by atoms with E-state index in [9.17, 15) is 4.79 Å². The van der Waals surface area contributed by atoms with E-state index in [1.807, 2.05) is 4.90 Å². The van der Waals surface area contributed by atoms with Crippen LogP contribution in [0.4, 0.5) is 0 Å². The van der Waals surface area contributed by atoms with Crippen LogP contribution < -0.4 is 10.6 Å². The first kappa shape index (κ1) is 23.5. The van der Waals surface area contributed by atoms with Gasteiger partial charge in [-0.05, 0) is 39.0 Å². The zero-order valence-corrected chi connectivity index (χ0v) is 18.3. The molecule has 0 radical (unpaired) electrons.